The number of hydrogen-bond donors (Lipinski definition) is 0. The molecule has 3 aromatic rings. The van der Waals surface area contributed by atoms with E-state index in [2.05, 4.69) is 0 Å². The second-order valence-corrected chi connectivity index (χ2v) is 7.34. The summed E-state index contributed by atoms with van der Waals surface area (Å²) >= 11 is 6.40. The number of amides is 1. The van der Waals surface area contributed by atoms with Crippen LogP contribution < -0.4 is 23.8 Å². The molecule has 1 aliphatic rings. The summed E-state index contributed by atoms with van der Waals surface area (Å²) in [4.78, 5) is 14.8. The van der Waals surface area contributed by atoms with Crippen molar-refractivity contribution < 1.29 is 23.7 Å². The van der Waals surface area contributed by atoms with Gasteiger partial charge < -0.3 is 18.9 Å². The number of benzene rings is 3. The lowest BCUT2D eigenvalue weighted by molar-refractivity contribution is -0.135. The van der Waals surface area contributed by atoms with Gasteiger partial charge in [-0.2, -0.15) is 0 Å². The number of rotatable bonds is 7. The zero-order chi connectivity index (χ0) is 22.0. The van der Waals surface area contributed by atoms with Crippen LogP contribution >= 0.6 is 11.6 Å². The molecule has 0 aliphatic carbocycles. The van der Waals surface area contributed by atoms with E-state index < -0.39 is 12.1 Å². The predicted molar refractivity (Wildman–Crippen MR) is 119 cm³/mol. The zero-order valence-corrected chi connectivity index (χ0v) is 18.1. The van der Waals surface area contributed by atoms with Crippen molar-refractivity contribution in [1.82, 2.24) is 0 Å². The summed E-state index contributed by atoms with van der Waals surface area (Å²) in [5.74, 6) is 2.28. The first kappa shape index (κ1) is 20.9. The Morgan fingerprint density at radius 2 is 1.48 bits per heavy atom. The molecule has 0 N–H and O–H groups in total. The number of nitrogens with zero attached hydrogens (tertiary/aromatic N) is 1. The summed E-state index contributed by atoms with van der Waals surface area (Å²) < 4.78 is 22.1. The maximum atomic E-state index is 13.2. The van der Waals surface area contributed by atoms with Crippen LogP contribution in [-0.2, 0) is 4.79 Å². The molecule has 1 fully saturated rings. The van der Waals surface area contributed by atoms with Gasteiger partial charge in [0.1, 0.15) is 17.5 Å². The van der Waals surface area contributed by atoms with Crippen LogP contribution in [0.4, 0.5) is 5.69 Å². The number of halogens is 1. The van der Waals surface area contributed by atoms with Crippen LogP contribution in [0.1, 0.15) is 11.6 Å². The highest BCUT2D eigenvalue weighted by molar-refractivity contribution is 6.34. The molecule has 3 aromatic carbocycles. The van der Waals surface area contributed by atoms with Gasteiger partial charge in [0, 0.05) is 0 Å². The van der Waals surface area contributed by atoms with Crippen LogP contribution in [0.25, 0.3) is 0 Å². The SMILES string of the molecule is COc1ccc(O[C@@H]2C(=O)N(c3ccccc3Cl)[C@@H]2c2ccc(OC)c(OC)c2)cc1. The Morgan fingerprint density at radius 3 is 2.13 bits per heavy atom. The first-order valence-electron chi connectivity index (χ1n) is 9.67. The number of para-hydroxylation sites is 1. The molecule has 1 saturated heterocycles. The summed E-state index contributed by atoms with van der Waals surface area (Å²) in [6.07, 6.45) is -0.720. The van der Waals surface area contributed by atoms with Crippen LogP contribution in [0.15, 0.2) is 66.7 Å². The molecule has 0 bridgehead atoms. The Balaban J connectivity index is 1.72. The number of ether oxygens (including phenoxy) is 4. The van der Waals surface area contributed by atoms with Crippen molar-refractivity contribution in [2.75, 3.05) is 26.2 Å². The Hall–Kier alpha value is -3.38. The van der Waals surface area contributed by atoms with E-state index in [4.69, 9.17) is 30.5 Å². The minimum atomic E-state index is -0.720. The van der Waals surface area contributed by atoms with E-state index in [1.54, 1.807) is 56.6 Å². The standard InChI is InChI=1S/C24H22ClNO5/c1-28-16-9-11-17(12-10-16)31-23-22(15-8-13-20(29-2)21(14-15)30-3)26(24(23)27)19-7-5-4-6-18(19)25/h4-14,22-23H,1-3H3/t22-,23+/m1/s1. The fraction of sp³-hybridized carbons (Fsp3) is 0.208. The highest BCUT2D eigenvalue weighted by Gasteiger charge is 2.51. The van der Waals surface area contributed by atoms with Crippen molar-refractivity contribution in [3.05, 3.63) is 77.3 Å². The number of carbonyl (C=O) groups is 1. The van der Waals surface area contributed by atoms with E-state index in [1.165, 1.54) is 0 Å². The summed E-state index contributed by atoms with van der Waals surface area (Å²) in [5, 5.41) is 0.490. The summed E-state index contributed by atoms with van der Waals surface area (Å²) in [7, 11) is 4.75. The van der Waals surface area contributed by atoms with Gasteiger partial charge in [-0.1, -0.05) is 29.8 Å². The lowest BCUT2D eigenvalue weighted by Gasteiger charge is -2.47. The van der Waals surface area contributed by atoms with Crippen molar-refractivity contribution in [3.63, 3.8) is 0 Å². The van der Waals surface area contributed by atoms with Gasteiger partial charge in [0.05, 0.1) is 32.0 Å². The molecule has 2 atom stereocenters. The highest BCUT2D eigenvalue weighted by atomic mass is 35.5. The minimum Gasteiger partial charge on any atom is -0.497 e. The molecule has 31 heavy (non-hydrogen) atoms. The van der Waals surface area contributed by atoms with Crippen molar-refractivity contribution in [2.24, 2.45) is 0 Å². The summed E-state index contributed by atoms with van der Waals surface area (Å²) in [6.45, 7) is 0. The molecule has 1 heterocycles. The first-order chi connectivity index (χ1) is 15.1. The van der Waals surface area contributed by atoms with Gasteiger partial charge in [-0.25, -0.2) is 0 Å². The third-order valence-corrected chi connectivity index (χ3v) is 5.55. The monoisotopic (exact) mass is 439 g/mol. The first-order valence-corrected chi connectivity index (χ1v) is 10.1. The van der Waals surface area contributed by atoms with Gasteiger partial charge in [0.25, 0.3) is 5.91 Å². The largest absolute Gasteiger partial charge is 0.497 e. The molecule has 0 aromatic heterocycles. The van der Waals surface area contributed by atoms with Gasteiger partial charge in [-0.15, -0.1) is 0 Å². The highest BCUT2D eigenvalue weighted by Crippen LogP contribution is 2.45. The van der Waals surface area contributed by atoms with Crippen molar-refractivity contribution in [3.8, 4) is 23.0 Å². The van der Waals surface area contributed by atoms with Gasteiger partial charge >= 0.3 is 0 Å². The molecule has 0 unspecified atom stereocenters. The zero-order valence-electron chi connectivity index (χ0n) is 17.4. The lowest BCUT2D eigenvalue weighted by Crippen LogP contribution is -2.61. The molecule has 0 saturated carbocycles. The number of carbonyl (C=O) groups excluding carboxylic acids is 1. The number of methoxy groups -OCH3 is 3. The van der Waals surface area contributed by atoms with Gasteiger partial charge in [-0.05, 0) is 54.1 Å². The fourth-order valence-corrected chi connectivity index (χ4v) is 3.88. The molecule has 7 heteroatoms. The van der Waals surface area contributed by atoms with Crippen LogP contribution in [0.3, 0.4) is 0 Å². The maximum Gasteiger partial charge on any atom is 0.271 e. The average Bonchev–Trinajstić information content (AvgIpc) is 2.81. The van der Waals surface area contributed by atoms with Gasteiger partial charge in [0.15, 0.2) is 11.5 Å². The fourth-order valence-electron chi connectivity index (χ4n) is 3.65. The topological polar surface area (TPSA) is 57.2 Å². The smallest absolute Gasteiger partial charge is 0.271 e. The molecule has 160 valence electrons. The molecule has 1 aliphatic heterocycles. The molecular weight excluding hydrogens is 418 g/mol. The normalized spacial score (nSPS) is 17.7. The van der Waals surface area contributed by atoms with E-state index in [1.807, 2.05) is 36.4 Å². The maximum absolute atomic E-state index is 13.2. The Labute approximate surface area is 185 Å². The number of hydrogen-bond acceptors (Lipinski definition) is 5. The molecule has 0 radical (unpaired) electrons. The van der Waals surface area contributed by atoms with E-state index in [9.17, 15) is 4.79 Å². The van der Waals surface area contributed by atoms with Crippen LogP contribution in [0, 0.1) is 0 Å². The van der Waals surface area contributed by atoms with Gasteiger partial charge in [-0.3, -0.25) is 9.69 Å². The second kappa shape index (κ2) is 8.78. The molecular formula is C24H22ClNO5. The second-order valence-electron chi connectivity index (χ2n) is 6.93. The Morgan fingerprint density at radius 1 is 0.806 bits per heavy atom. The van der Waals surface area contributed by atoms with Crippen molar-refractivity contribution >= 4 is 23.2 Å². The van der Waals surface area contributed by atoms with Crippen LogP contribution in [0.5, 0.6) is 23.0 Å². The lowest BCUT2D eigenvalue weighted by atomic mass is 9.89. The Kier molecular flexibility index (Phi) is 5.91. The summed E-state index contributed by atoms with van der Waals surface area (Å²) in [5.41, 5.74) is 1.47. The van der Waals surface area contributed by atoms with Crippen molar-refractivity contribution in [1.29, 1.82) is 0 Å². The Bertz CT molecular complexity index is 1090. The van der Waals surface area contributed by atoms with E-state index >= 15 is 0 Å². The molecule has 6 nitrogen and oxygen atoms in total. The molecule has 1 amide bonds. The number of β-lactam (4-membered cyclic amide) rings is 1. The molecule has 0 spiro atoms. The average molecular weight is 440 g/mol. The minimum absolute atomic E-state index is 0.177. The van der Waals surface area contributed by atoms with E-state index in [0.717, 1.165) is 5.56 Å². The van der Waals surface area contributed by atoms with E-state index in [-0.39, 0.29) is 5.91 Å². The van der Waals surface area contributed by atoms with Crippen LogP contribution in [-0.4, -0.2) is 33.3 Å². The summed E-state index contributed by atoms with van der Waals surface area (Å²) in [6, 6.07) is 19.5. The van der Waals surface area contributed by atoms with E-state index in [0.29, 0.717) is 33.7 Å². The third-order valence-electron chi connectivity index (χ3n) is 5.23. The van der Waals surface area contributed by atoms with Crippen molar-refractivity contribution in [2.45, 2.75) is 12.1 Å². The number of anilines is 1. The third kappa shape index (κ3) is 3.86. The molecule has 4 rings (SSSR count). The van der Waals surface area contributed by atoms with Crippen LogP contribution in [0.2, 0.25) is 5.02 Å². The predicted octanol–water partition coefficient (Wildman–Crippen LogP) is 4.90. The quantitative estimate of drug-likeness (QED) is 0.490. The van der Waals surface area contributed by atoms with Gasteiger partial charge in [0.2, 0.25) is 6.10 Å².